The maximum atomic E-state index is 9.12. The largest absolute Gasteiger partial charge is 0.392 e. The highest BCUT2D eigenvalue weighted by Crippen LogP contribution is 1.98. The van der Waals surface area contributed by atoms with Crippen molar-refractivity contribution in [1.29, 1.82) is 0 Å². The number of nitrogens with one attached hydrogen (secondary N) is 1. The smallest absolute Gasteiger partial charge is 0.0662 e. The van der Waals surface area contributed by atoms with Crippen LogP contribution in [0, 0.1) is 5.92 Å². The highest BCUT2D eigenvalue weighted by molar-refractivity contribution is 4.66. The molecule has 0 spiro atoms. The Morgan fingerprint density at radius 1 is 1.18 bits per heavy atom. The summed E-state index contributed by atoms with van der Waals surface area (Å²) in [5, 5.41) is 12.4. The van der Waals surface area contributed by atoms with E-state index in [9.17, 15) is 0 Å². The van der Waals surface area contributed by atoms with Crippen LogP contribution < -0.4 is 5.32 Å². The first-order valence-corrected chi connectivity index (χ1v) is 4.45. The molecule has 0 aromatic rings. The van der Waals surface area contributed by atoms with Gasteiger partial charge < -0.3 is 10.4 Å². The van der Waals surface area contributed by atoms with E-state index in [4.69, 9.17) is 5.11 Å². The average molecular weight is 159 g/mol. The van der Waals surface area contributed by atoms with Crippen molar-refractivity contribution in [3.05, 3.63) is 0 Å². The first-order chi connectivity index (χ1) is 5.04. The lowest BCUT2D eigenvalue weighted by Crippen LogP contribution is -2.36. The van der Waals surface area contributed by atoms with Crippen LogP contribution in [0.2, 0.25) is 0 Å². The molecule has 0 aliphatic carbocycles. The van der Waals surface area contributed by atoms with E-state index in [0.29, 0.717) is 0 Å². The Labute approximate surface area is 70.0 Å². The molecule has 0 aromatic heterocycles. The van der Waals surface area contributed by atoms with Crippen molar-refractivity contribution in [2.24, 2.45) is 5.92 Å². The van der Waals surface area contributed by atoms with Crippen molar-refractivity contribution < 1.29 is 5.11 Å². The Bertz CT molecular complexity index is 91.6. The maximum Gasteiger partial charge on any atom is 0.0662 e. The van der Waals surface area contributed by atoms with Gasteiger partial charge in [-0.2, -0.15) is 0 Å². The molecule has 2 N–H and O–H groups in total. The van der Waals surface area contributed by atoms with Gasteiger partial charge in [0.15, 0.2) is 0 Å². The molecular formula is C9H21NO. The maximum absolute atomic E-state index is 9.12. The second-order valence-corrected chi connectivity index (χ2v) is 3.67. The Balaban J connectivity index is 3.24. The first kappa shape index (κ1) is 10.9. The molecule has 2 atom stereocenters. The van der Waals surface area contributed by atoms with Crippen molar-refractivity contribution >= 4 is 0 Å². The third-order valence-corrected chi connectivity index (χ3v) is 1.91. The van der Waals surface area contributed by atoms with Gasteiger partial charge in [0.25, 0.3) is 0 Å². The summed E-state index contributed by atoms with van der Waals surface area (Å²) in [6.45, 7) is 9.23. The zero-order chi connectivity index (χ0) is 8.85. The summed E-state index contributed by atoms with van der Waals surface area (Å²) in [7, 11) is 0. The van der Waals surface area contributed by atoms with Crippen molar-refractivity contribution in [2.75, 3.05) is 6.54 Å². The fourth-order valence-corrected chi connectivity index (χ4v) is 0.770. The van der Waals surface area contributed by atoms with Gasteiger partial charge in [-0.1, -0.05) is 13.8 Å². The van der Waals surface area contributed by atoms with E-state index < -0.39 is 0 Å². The second kappa shape index (κ2) is 5.56. The minimum Gasteiger partial charge on any atom is -0.392 e. The number of rotatable bonds is 5. The summed E-state index contributed by atoms with van der Waals surface area (Å²) in [5.41, 5.74) is 0. The molecule has 0 fully saturated rings. The van der Waals surface area contributed by atoms with Gasteiger partial charge in [-0.15, -0.1) is 0 Å². The molecule has 2 unspecified atom stereocenters. The van der Waals surface area contributed by atoms with Crippen LogP contribution in [0.25, 0.3) is 0 Å². The predicted molar refractivity (Wildman–Crippen MR) is 48.6 cm³/mol. The third kappa shape index (κ3) is 6.32. The van der Waals surface area contributed by atoms with E-state index in [1.54, 1.807) is 0 Å². The Hall–Kier alpha value is -0.0800. The fourth-order valence-electron chi connectivity index (χ4n) is 0.770. The van der Waals surface area contributed by atoms with Gasteiger partial charge in [0.05, 0.1) is 6.10 Å². The summed E-state index contributed by atoms with van der Waals surface area (Å²) in [4.78, 5) is 0. The van der Waals surface area contributed by atoms with E-state index in [2.05, 4.69) is 19.2 Å². The topological polar surface area (TPSA) is 32.3 Å². The third-order valence-electron chi connectivity index (χ3n) is 1.91. The molecule has 0 heterocycles. The second-order valence-electron chi connectivity index (χ2n) is 3.67. The van der Waals surface area contributed by atoms with Crippen LogP contribution in [-0.2, 0) is 0 Å². The molecule has 0 saturated carbocycles. The van der Waals surface area contributed by atoms with Gasteiger partial charge in [0.1, 0.15) is 0 Å². The number of aliphatic hydroxyl groups excluding tert-OH is 1. The molecule has 68 valence electrons. The molecule has 0 amide bonds. The van der Waals surface area contributed by atoms with Crippen LogP contribution >= 0.6 is 0 Å². The van der Waals surface area contributed by atoms with E-state index in [1.165, 1.54) is 6.42 Å². The molecule has 2 heteroatoms. The summed E-state index contributed by atoms with van der Waals surface area (Å²) in [5.74, 6) is 0.740. The number of hydrogen-bond acceptors (Lipinski definition) is 2. The van der Waals surface area contributed by atoms with Gasteiger partial charge >= 0.3 is 0 Å². The average Bonchev–Trinajstić information content (AvgIpc) is 1.86. The summed E-state index contributed by atoms with van der Waals surface area (Å²) in [6, 6.07) is 0.216. The van der Waals surface area contributed by atoms with E-state index in [1.807, 2.05) is 13.8 Å². The van der Waals surface area contributed by atoms with Crippen LogP contribution in [-0.4, -0.2) is 23.8 Å². The van der Waals surface area contributed by atoms with Crippen molar-refractivity contribution in [3.8, 4) is 0 Å². The van der Waals surface area contributed by atoms with Crippen molar-refractivity contribution in [2.45, 2.75) is 46.3 Å². The van der Waals surface area contributed by atoms with Crippen LogP contribution in [0.3, 0.4) is 0 Å². The first-order valence-electron chi connectivity index (χ1n) is 4.45. The van der Waals surface area contributed by atoms with Gasteiger partial charge in [-0.25, -0.2) is 0 Å². The SMILES string of the molecule is CC(C)CCNC(C)C(C)O. The van der Waals surface area contributed by atoms with Crippen LogP contribution in [0.5, 0.6) is 0 Å². The fraction of sp³-hybridized carbons (Fsp3) is 1.00. The standard InChI is InChI=1S/C9H21NO/c1-7(2)5-6-10-8(3)9(4)11/h7-11H,5-6H2,1-4H3. The lowest BCUT2D eigenvalue weighted by molar-refractivity contribution is 0.152. The summed E-state index contributed by atoms with van der Waals surface area (Å²) >= 11 is 0. The van der Waals surface area contributed by atoms with Gasteiger partial charge in [0, 0.05) is 6.04 Å². The molecule has 0 aliphatic heterocycles. The zero-order valence-corrected chi connectivity index (χ0v) is 8.09. The number of aliphatic hydroxyl groups is 1. The minimum atomic E-state index is -0.248. The zero-order valence-electron chi connectivity index (χ0n) is 8.09. The van der Waals surface area contributed by atoms with Crippen molar-refractivity contribution in [1.82, 2.24) is 5.32 Å². The summed E-state index contributed by atoms with van der Waals surface area (Å²) in [6.07, 6.45) is 0.930. The minimum absolute atomic E-state index is 0.216. The monoisotopic (exact) mass is 159 g/mol. The van der Waals surface area contributed by atoms with E-state index in [-0.39, 0.29) is 12.1 Å². The molecule has 0 radical (unpaired) electrons. The molecule has 0 bridgehead atoms. The Kier molecular flexibility index (Phi) is 5.51. The normalized spacial score (nSPS) is 16.9. The lowest BCUT2D eigenvalue weighted by Gasteiger charge is -2.16. The highest BCUT2D eigenvalue weighted by Gasteiger charge is 2.06. The number of hydrogen-bond donors (Lipinski definition) is 2. The predicted octanol–water partition coefficient (Wildman–Crippen LogP) is 1.39. The van der Waals surface area contributed by atoms with Gasteiger partial charge in [0.2, 0.25) is 0 Å². The molecule has 11 heavy (non-hydrogen) atoms. The molecule has 2 nitrogen and oxygen atoms in total. The molecular weight excluding hydrogens is 138 g/mol. The quantitative estimate of drug-likeness (QED) is 0.635. The van der Waals surface area contributed by atoms with E-state index in [0.717, 1.165) is 12.5 Å². The molecule has 0 aromatic carbocycles. The van der Waals surface area contributed by atoms with Crippen LogP contribution in [0.15, 0.2) is 0 Å². The molecule has 0 aliphatic rings. The Morgan fingerprint density at radius 2 is 1.73 bits per heavy atom. The van der Waals surface area contributed by atoms with Gasteiger partial charge in [-0.3, -0.25) is 0 Å². The highest BCUT2D eigenvalue weighted by atomic mass is 16.3. The lowest BCUT2D eigenvalue weighted by atomic mass is 10.1. The van der Waals surface area contributed by atoms with Crippen LogP contribution in [0.1, 0.15) is 34.1 Å². The van der Waals surface area contributed by atoms with Gasteiger partial charge in [-0.05, 0) is 32.7 Å². The molecule has 0 saturated heterocycles. The van der Waals surface area contributed by atoms with E-state index >= 15 is 0 Å². The summed E-state index contributed by atoms with van der Waals surface area (Å²) < 4.78 is 0. The molecule has 0 rings (SSSR count). The Morgan fingerprint density at radius 3 is 2.09 bits per heavy atom. The van der Waals surface area contributed by atoms with Crippen LogP contribution in [0.4, 0.5) is 0 Å². The van der Waals surface area contributed by atoms with Crippen molar-refractivity contribution in [3.63, 3.8) is 0 Å².